The van der Waals surface area contributed by atoms with Crippen LogP contribution in [0.25, 0.3) is 0 Å². The van der Waals surface area contributed by atoms with Crippen LogP contribution in [0.5, 0.6) is 0 Å². The van der Waals surface area contributed by atoms with E-state index in [2.05, 4.69) is 36.0 Å². The second-order valence-corrected chi connectivity index (χ2v) is 6.92. The summed E-state index contributed by atoms with van der Waals surface area (Å²) in [5.41, 5.74) is 0. The molecule has 19 heavy (non-hydrogen) atoms. The molecule has 0 spiro atoms. The number of nitrogens with one attached hydrogen (secondary N) is 1. The van der Waals surface area contributed by atoms with Gasteiger partial charge >= 0.3 is 0 Å². The summed E-state index contributed by atoms with van der Waals surface area (Å²) in [6.45, 7) is 5.01. The van der Waals surface area contributed by atoms with Gasteiger partial charge in [-0.1, -0.05) is 20.3 Å². The Bertz CT molecular complexity index is 343. The van der Waals surface area contributed by atoms with Gasteiger partial charge in [-0.3, -0.25) is 10.1 Å². The Hall–Kier alpha value is -0.610. The van der Waals surface area contributed by atoms with Gasteiger partial charge in [-0.15, -0.1) is 0 Å². The summed E-state index contributed by atoms with van der Waals surface area (Å²) in [5.74, 6) is 0.728. The van der Waals surface area contributed by atoms with Crippen LogP contribution in [-0.2, 0) is 4.79 Å². The average Bonchev–Trinajstić information content (AvgIpc) is 2.71. The van der Waals surface area contributed by atoms with Gasteiger partial charge in [-0.05, 0) is 38.6 Å². The second-order valence-electron chi connectivity index (χ2n) is 6.92. The van der Waals surface area contributed by atoms with Crippen LogP contribution < -0.4 is 5.32 Å². The summed E-state index contributed by atoms with van der Waals surface area (Å²) in [5, 5.41) is 3.39. The van der Waals surface area contributed by atoms with Gasteiger partial charge in [-0.25, -0.2) is 0 Å². The maximum atomic E-state index is 12.5. The first-order chi connectivity index (χ1) is 9.08. The molecule has 3 rings (SSSR count). The quantitative estimate of drug-likeness (QED) is 0.820. The van der Waals surface area contributed by atoms with Crippen molar-refractivity contribution in [2.75, 3.05) is 13.7 Å². The largest absolute Gasteiger partial charge is 0.325 e. The SMILES string of the molecule is CC(C)C1NCN(C2CC3CCCC(C2)N3C)C1=O. The molecule has 3 atom stereocenters. The van der Waals surface area contributed by atoms with Crippen LogP contribution in [0, 0.1) is 5.92 Å². The molecule has 0 aromatic rings. The zero-order chi connectivity index (χ0) is 13.6. The van der Waals surface area contributed by atoms with Gasteiger partial charge in [0.1, 0.15) is 0 Å². The number of carbonyl (C=O) groups is 1. The summed E-state index contributed by atoms with van der Waals surface area (Å²) >= 11 is 0. The smallest absolute Gasteiger partial charge is 0.241 e. The lowest BCUT2D eigenvalue weighted by Gasteiger charge is -2.49. The first-order valence-corrected chi connectivity index (χ1v) is 7.83. The predicted octanol–water partition coefficient (Wildman–Crippen LogP) is 1.42. The fourth-order valence-corrected chi connectivity index (χ4v) is 4.21. The first kappa shape index (κ1) is 13.4. The molecule has 0 radical (unpaired) electrons. The third-order valence-electron chi connectivity index (χ3n) is 5.45. The number of fused-ring (bicyclic) bond motifs is 2. The van der Waals surface area contributed by atoms with Crippen molar-refractivity contribution in [1.29, 1.82) is 0 Å². The van der Waals surface area contributed by atoms with Gasteiger partial charge in [0.15, 0.2) is 0 Å². The van der Waals surface area contributed by atoms with E-state index < -0.39 is 0 Å². The van der Waals surface area contributed by atoms with E-state index >= 15 is 0 Å². The standard InChI is InChI=1S/C15H27N3O/c1-10(2)14-15(19)18(9-16-14)13-7-11-5-4-6-12(8-13)17(11)3/h10-14,16H,4-9H2,1-3H3. The molecule has 3 heterocycles. The number of piperidine rings is 2. The molecule has 3 fully saturated rings. The Labute approximate surface area is 116 Å². The highest BCUT2D eigenvalue weighted by Gasteiger charge is 2.43. The molecule has 2 bridgehead atoms. The Balaban J connectivity index is 1.69. The molecule has 0 saturated carbocycles. The van der Waals surface area contributed by atoms with Crippen molar-refractivity contribution in [3.63, 3.8) is 0 Å². The van der Waals surface area contributed by atoms with Crippen LogP contribution >= 0.6 is 0 Å². The van der Waals surface area contributed by atoms with E-state index in [0.29, 0.717) is 30.0 Å². The van der Waals surface area contributed by atoms with Gasteiger partial charge < -0.3 is 9.80 Å². The lowest BCUT2D eigenvalue weighted by molar-refractivity contribution is -0.133. The van der Waals surface area contributed by atoms with Gasteiger partial charge in [0, 0.05) is 18.1 Å². The molecule has 3 aliphatic rings. The summed E-state index contributed by atoms with van der Waals surface area (Å²) in [7, 11) is 2.27. The van der Waals surface area contributed by atoms with Crippen LogP contribution in [0.4, 0.5) is 0 Å². The van der Waals surface area contributed by atoms with Crippen LogP contribution in [-0.4, -0.2) is 53.6 Å². The van der Waals surface area contributed by atoms with E-state index in [1.165, 1.54) is 32.1 Å². The van der Waals surface area contributed by atoms with E-state index in [-0.39, 0.29) is 6.04 Å². The maximum Gasteiger partial charge on any atom is 0.241 e. The van der Waals surface area contributed by atoms with Crippen molar-refractivity contribution < 1.29 is 4.79 Å². The molecule has 0 aliphatic carbocycles. The molecular formula is C15H27N3O. The molecule has 0 aromatic heterocycles. The molecule has 4 heteroatoms. The van der Waals surface area contributed by atoms with Crippen molar-refractivity contribution in [2.24, 2.45) is 5.92 Å². The molecule has 3 aliphatic heterocycles. The number of hydrogen-bond donors (Lipinski definition) is 1. The lowest BCUT2D eigenvalue weighted by atomic mass is 9.81. The minimum atomic E-state index is 0.0412. The van der Waals surface area contributed by atoms with E-state index in [0.717, 1.165) is 6.67 Å². The summed E-state index contributed by atoms with van der Waals surface area (Å²) in [4.78, 5) is 17.2. The monoisotopic (exact) mass is 265 g/mol. The molecular weight excluding hydrogens is 238 g/mol. The summed E-state index contributed by atoms with van der Waals surface area (Å²) < 4.78 is 0. The number of amides is 1. The van der Waals surface area contributed by atoms with Gasteiger partial charge in [0.05, 0.1) is 12.7 Å². The molecule has 0 aromatic carbocycles. The molecule has 1 N–H and O–H groups in total. The van der Waals surface area contributed by atoms with Gasteiger partial charge in [0.25, 0.3) is 0 Å². The van der Waals surface area contributed by atoms with Crippen molar-refractivity contribution in [3.8, 4) is 0 Å². The molecule has 1 amide bonds. The molecule has 108 valence electrons. The minimum Gasteiger partial charge on any atom is -0.325 e. The lowest BCUT2D eigenvalue weighted by Crippen LogP contribution is -2.56. The molecule has 4 nitrogen and oxygen atoms in total. The van der Waals surface area contributed by atoms with Crippen molar-refractivity contribution in [3.05, 3.63) is 0 Å². The number of carbonyl (C=O) groups excluding carboxylic acids is 1. The Kier molecular flexibility index (Phi) is 3.56. The number of rotatable bonds is 2. The van der Waals surface area contributed by atoms with E-state index in [9.17, 15) is 4.79 Å². The van der Waals surface area contributed by atoms with Crippen LogP contribution in [0.15, 0.2) is 0 Å². The van der Waals surface area contributed by atoms with E-state index in [1.54, 1.807) is 0 Å². The summed E-state index contributed by atoms with van der Waals surface area (Å²) in [6.07, 6.45) is 6.34. The molecule has 3 saturated heterocycles. The van der Waals surface area contributed by atoms with E-state index in [1.807, 2.05) is 0 Å². The first-order valence-electron chi connectivity index (χ1n) is 7.83. The topological polar surface area (TPSA) is 35.6 Å². The highest BCUT2D eigenvalue weighted by Crippen LogP contribution is 2.35. The second kappa shape index (κ2) is 5.06. The van der Waals surface area contributed by atoms with Gasteiger partial charge in [-0.2, -0.15) is 0 Å². The fraction of sp³-hybridized carbons (Fsp3) is 0.933. The molecule has 3 unspecified atom stereocenters. The Morgan fingerprint density at radius 1 is 1.16 bits per heavy atom. The van der Waals surface area contributed by atoms with Crippen LogP contribution in [0.1, 0.15) is 46.0 Å². The Morgan fingerprint density at radius 2 is 1.79 bits per heavy atom. The highest BCUT2D eigenvalue weighted by atomic mass is 16.2. The number of hydrogen-bond acceptors (Lipinski definition) is 3. The minimum absolute atomic E-state index is 0.0412. The maximum absolute atomic E-state index is 12.5. The van der Waals surface area contributed by atoms with Crippen molar-refractivity contribution in [1.82, 2.24) is 15.1 Å². The van der Waals surface area contributed by atoms with Gasteiger partial charge in [0.2, 0.25) is 5.91 Å². The predicted molar refractivity (Wildman–Crippen MR) is 75.7 cm³/mol. The average molecular weight is 265 g/mol. The normalized spacial score (nSPS) is 40.2. The van der Waals surface area contributed by atoms with Crippen LogP contribution in [0.3, 0.4) is 0 Å². The third-order valence-corrected chi connectivity index (χ3v) is 5.45. The van der Waals surface area contributed by atoms with Crippen molar-refractivity contribution in [2.45, 2.75) is 70.1 Å². The zero-order valence-corrected chi connectivity index (χ0v) is 12.4. The van der Waals surface area contributed by atoms with Crippen molar-refractivity contribution >= 4 is 5.91 Å². The Morgan fingerprint density at radius 3 is 2.32 bits per heavy atom. The van der Waals surface area contributed by atoms with Crippen LogP contribution in [0.2, 0.25) is 0 Å². The summed E-state index contributed by atoms with van der Waals surface area (Å²) in [6, 6.07) is 1.90. The fourth-order valence-electron chi connectivity index (χ4n) is 4.21. The highest BCUT2D eigenvalue weighted by molar-refractivity contribution is 5.84. The number of nitrogens with zero attached hydrogens (tertiary/aromatic N) is 2. The third kappa shape index (κ3) is 2.29. The zero-order valence-electron chi connectivity index (χ0n) is 12.4. The van der Waals surface area contributed by atoms with E-state index in [4.69, 9.17) is 0 Å².